The van der Waals surface area contributed by atoms with Crippen molar-refractivity contribution in [1.82, 2.24) is 0 Å². The van der Waals surface area contributed by atoms with Crippen LogP contribution < -0.4 is 14.8 Å². The molecule has 0 unspecified atom stereocenters. The summed E-state index contributed by atoms with van der Waals surface area (Å²) in [6, 6.07) is 3.41. The van der Waals surface area contributed by atoms with Crippen molar-refractivity contribution >= 4 is 17.4 Å². The number of anilines is 1. The predicted octanol–water partition coefficient (Wildman–Crippen LogP) is 3.77. The average molecular weight is 341 g/mol. The molecule has 1 N–H and O–H groups in total. The highest BCUT2D eigenvalue weighted by molar-refractivity contribution is 6.05. The standard InChI is InChI=1S/C20H23NO4/c1-11(22)15-5-17-18(25-10-24-17)6-16(15)21-19(23)20-7-12-2-13(8-20)4-14(3-12)9-20/h5-6,12-14H,2-4,7-10H2,1H3,(H,21,23). The second-order valence-corrected chi connectivity index (χ2v) is 8.46. The molecule has 1 amide bonds. The van der Waals surface area contributed by atoms with Crippen molar-refractivity contribution in [2.24, 2.45) is 23.2 Å². The fraction of sp³-hybridized carbons (Fsp3) is 0.600. The van der Waals surface area contributed by atoms with E-state index in [1.165, 1.54) is 26.2 Å². The van der Waals surface area contributed by atoms with E-state index in [1.54, 1.807) is 12.1 Å². The van der Waals surface area contributed by atoms with Crippen molar-refractivity contribution in [2.75, 3.05) is 12.1 Å². The monoisotopic (exact) mass is 341 g/mol. The largest absolute Gasteiger partial charge is 0.454 e. The molecule has 25 heavy (non-hydrogen) atoms. The van der Waals surface area contributed by atoms with E-state index in [9.17, 15) is 9.59 Å². The van der Waals surface area contributed by atoms with Crippen molar-refractivity contribution in [3.8, 4) is 11.5 Å². The Morgan fingerprint density at radius 3 is 2.12 bits per heavy atom. The molecule has 1 aromatic carbocycles. The summed E-state index contributed by atoms with van der Waals surface area (Å²) in [5.41, 5.74) is 0.805. The minimum Gasteiger partial charge on any atom is -0.454 e. The van der Waals surface area contributed by atoms with Crippen molar-refractivity contribution in [3.63, 3.8) is 0 Å². The zero-order valence-corrected chi connectivity index (χ0v) is 14.5. The van der Waals surface area contributed by atoms with Gasteiger partial charge in [-0.3, -0.25) is 9.59 Å². The molecule has 4 fully saturated rings. The maximum atomic E-state index is 13.2. The fourth-order valence-electron chi connectivity index (χ4n) is 5.98. The Bertz CT molecular complexity index is 734. The van der Waals surface area contributed by atoms with Gasteiger partial charge in [-0.25, -0.2) is 0 Å². The van der Waals surface area contributed by atoms with Crippen LogP contribution in [-0.4, -0.2) is 18.5 Å². The summed E-state index contributed by atoms with van der Waals surface area (Å²) in [5, 5.41) is 3.08. The summed E-state index contributed by atoms with van der Waals surface area (Å²) in [4.78, 5) is 25.3. The summed E-state index contributed by atoms with van der Waals surface area (Å²) >= 11 is 0. The third-order valence-electron chi connectivity index (χ3n) is 6.66. The number of hydrogen-bond acceptors (Lipinski definition) is 4. The van der Waals surface area contributed by atoms with Gasteiger partial charge < -0.3 is 14.8 Å². The molecule has 0 aromatic heterocycles. The first kappa shape index (κ1) is 15.2. The zero-order valence-electron chi connectivity index (χ0n) is 14.5. The normalized spacial score (nSPS) is 34.2. The molecule has 0 saturated heterocycles. The smallest absolute Gasteiger partial charge is 0.231 e. The van der Waals surface area contributed by atoms with Crippen molar-refractivity contribution in [3.05, 3.63) is 17.7 Å². The zero-order chi connectivity index (χ0) is 17.2. The van der Waals surface area contributed by atoms with Gasteiger partial charge in [0.2, 0.25) is 12.7 Å². The quantitative estimate of drug-likeness (QED) is 0.850. The Balaban J connectivity index is 1.46. The highest BCUT2D eigenvalue weighted by Crippen LogP contribution is 2.60. The Morgan fingerprint density at radius 2 is 1.56 bits per heavy atom. The first-order valence-corrected chi connectivity index (χ1v) is 9.28. The molecule has 0 spiro atoms. The molecular formula is C20H23NO4. The lowest BCUT2D eigenvalue weighted by atomic mass is 9.49. The van der Waals surface area contributed by atoms with E-state index in [4.69, 9.17) is 9.47 Å². The number of hydrogen-bond donors (Lipinski definition) is 1. The van der Waals surface area contributed by atoms with Crippen molar-refractivity contribution < 1.29 is 19.1 Å². The summed E-state index contributed by atoms with van der Waals surface area (Å²) < 4.78 is 10.8. The molecule has 0 radical (unpaired) electrons. The van der Waals surface area contributed by atoms with Crippen LogP contribution in [0.4, 0.5) is 5.69 Å². The number of carbonyl (C=O) groups excluding carboxylic acids is 2. The minimum atomic E-state index is -0.237. The van der Waals surface area contributed by atoms with E-state index in [0.717, 1.165) is 19.3 Å². The number of rotatable bonds is 3. The van der Waals surface area contributed by atoms with Crippen molar-refractivity contribution in [2.45, 2.75) is 45.4 Å². The van der Waals surface area contributed by atoms with Gasteiger partial charge in [-0.15, -0.1) is 0 Å². The molecule has 5 aliphatic rings. The number of carbonyl (C=O) groups is 2. The van der Waals surface area contributed by atoms with Gasteiger partial charge in [-0.2, -0.15) is 0 Å². The maximum Gasteiger partial charge on any atom is 0.231 e. The lowest BCUT2D eigenvalue weighted by Gasteiger charge is -2.55. The summed E-state index contributed by atoms with van der Waals surface area (Å²) in [7, 11) is 0. The van der Waals surface area contributed by atoms with Crippen LogP contribution in [0.1, 0.15) is 55.8 Å². The van der Waals surface area contributed by atoms with E-state index in [-0.39, 0.29) is 23.9 Å². The second kappa shape index (κ2) is 5.23. The molecular weight excluding hydrogens is 318 g/mol. The Morgan fingerprint density at radius 1 is 1.00 bits per heavy atom. The lowest BCUT2D eigenvalue weighted by Crippen LogP contribution is -2.51. The van der Waals surface area contributed by atoms with Gasteiger partial charge in [-0.1, -0.05) is 0 Å². The first-order chi connectivity index (χ1) is 12.0. The summed E-state index contributed by atoms with van der Waals surface area (Å²) in [6.07, 6.45) is 6.92. The van der Waals surface area contributed by atoms with Crippen LogP contribution in [0.2, 0.25) is 0 Å². The SMILES string of the molecule is CC(=O)c1cc2c(cc1NC(=O)C13CC4CC(CC(C4)C1)C3)OCO2. The number of ether oxygens (including phenoxy) is 2. The Labute approximate surface area is 147 Å². The van der Waals surface area contributed by atoms with Crippen LogP contribution >= 0.6 is 0 Å². The van der Waals surface area contributed by atoms with Crippen LogP contribution in [0, 0.1) is 23.2 Å². The van der Waals surface area contributed by atoms with Gasteiger partial charge in [0.1, 0.15) is 0 Å². The number of amides is 1. The van der Waals surface area contributed by atoms with Gasteiger partial charge in [-0.05, 0) is 69.3 Å². The third-order valence-corrected chi connectivity index (χ3v) is 6.66. The fourth-order valence-corrected chi connectivity index (χ4v) is 5.98. The van der Waals surface area contributed by atoms with E-state index >= 15 is 0 Å². The van der Waals surface area contributed by atoms with E-state index < -0.39 is 0 Å². The van der Waals surface area contributed by atoms with Crippen molar-refractivity contribution in [1.29, 1.82) is 0 Å². The Hall–Kier alpha value is -2.04. The number of fused-ring (bicyclic) bond motifs is 1. The van der Waals surface area contributed by atoms with E-state index in [0.29, 0.717) is 40.5 Å². The van der Waals surface area contributed by atoms with Crippen LogP contribution in [0.3, 0.4) is 0 Å². The molecule has 1 aromatic rings. The molecule has 132 valence electrons. The average Bonchev–Trinajstić information content (AvgIpc) is 3.00. The predicted molar refractivity (Wildman–Crippen MR) is 91.8 cm³/mol. The van der Waals surface area contributed by atoms with Crippen LogP contribution in [0.5, 0.6) is 11.5 Å². The maximum absolute atomic E-state index is 13.2. The third kappa shape index (κ3) is 2.35. The highest BCUT2D eigenvalue weighted by atomic mass is 16.7. The second-order valence-electron chi connectivity index (χ2n) is 8.46. The first-order valence-electron chi connectivity index (χ1n) is 9.28. The van der Waals surface area contributed by atoms with Crippen LogP contribution in [0.15, 0.2) is 12.1 Å². The van der Waals surface area contributed by atoms with E-state index in [2.05, 4.69) is 5.32 Å². The molecule has 4 aliphatic carbocycles. The Kier molecular flexibility index (Phi) is 3.19. The lowest BCUT2D eigenvalue weighted by molar-refractivity contribution is -0.140. The minimum absolute atomic E-state index is 0.0842. The van der Waals surface area contributed by atoms with Crippen LogP contribution in [0.25, 0.3) is 0 Å². The molecule has 1 heterocycles. The highest BCUT2D eigenvalue weighted by Gasteiger charge is 2.54. The topological polar surface area (TPSA) is 64.6 Å². The molecule has 1 aliphatic heterocycles. The molecule has 6 rings (SSSR count). The number of nitrogens with one attached hydrogen (secondary N) is 1. The van der Waals surface area contributed by atoms with E-state index in [1.807, 2.05) is 0 Å². The molecule has 4 saturated carbocycles. The number of Topliss-reactive ketones (excluding diaryl/α,β-unsaturated/α-hetero) is 1. The van der Waals surface area contributed by atoms with Crippen LogP contribution in [-0.2, 0) is 4.79 Å². The molecule has 5 heteroatoms. The number of benzene rings is 1. The summed E-state index contributed by atoms with van der Waals surface area (Å²) in [5.74, 6) is 3.29. The summed E-state index contributed by atoms with van der Waals surface area (Å²) in [6.45, 7) is 1.66. The van der Waals surface area contributed by atoms with Gasteiger partial charge in [0, 0.05) is 11.6 Å². The molecule has 5 nitrogen and oxygen atoms in total. The van der Waals surface area contributed by atoms with Gasteiger partial charge in [0.05, 0.1) is 11.1 Å². The van der Waals surface area contributed by atoms with Gasteiger partial charge in [0.15, 0.2) is 17.3 Å². The van der Waals surface area contributed by atoms with Gasteiger partial charge >= 0.3 is 0 Å². The molecule has 4 bridgehead atoms. The van der Waals surface area contributed by atoms with Gasteiger partial charge in [0.25, 0.3) is 0 Å². The molecule has 0 atom stereocenters. The number of ketones is 1.